The molecule has 2 amide bonds. The lowest BCUT2D eigenvalue weighted by atomic mass is 10.1. The van der Waals surface area contributed by atoms with E-state index < -0.39 is 29.3 Å². The number of carbonyl (C=O) groups is 3. The number of fused-ring (bicyclic) bond motifs is 1. The van der Waals surface area contributed by atoms with Crippen LogP contribution in [0.4, 0.5) is 18.9 Å². The summed E-state index contributed by atoms with van der Waals surface area (Å²) in [7, 11) is 0. The number of rotatable bonds is 5. The maximum absolute atomic E-state index is 13.6. The number of hydrogen-bond donors (Lipinski definition) is 2. The van der Waals surface area contributed by atoms with Crippen molar-refractivity contribution >= 4 is 23.5 Å². The molecular weight excluding hydrogens is 441 g/mol. The molecule has 2 aromatic carbocycles. The summed E-state index contributed by atoms with van der Waals surface area (Å²) in [5.41, 5.74) is -0.0893. The molecule has 0 saturated carbocycles. The molecule has 0 atom stereocenters. The summed E-state index contributed by atoms with van der Waals surface area (Å²) >= 11 is 0. The van der Waals surface area contributed by atoms with Gasteiger partial charge in [0, 0.05) is 23.4 Å². The first-order chi connectivity index (χ1) is 15.7. The number of carbonyl (C=O) groups excluding carboxylic acids is 3. The predicted octanol–water partition coefficient (Wildman–Crippen LogP) is 3.56. The van der Waals surface area contributed by atoms with Gasteiger partial charge in [-0.25, -0.2) is 9.48 Å². The monoisotopic (exact) mass is 458 g/mol. The van der Waals surface area contributed by atoms with Gasteiger partial charge in [0.1, 0.15) is 5.56 Å². The molecule has 3 aromatic rings. The Bertz CT molecular complexity index is 1250. The highest BCUT2D eigenvalue weighted by molar-refractivity contribution is 6.06. The van der Waals surface area contributed by atoms with Crippen LogP contribution in [0.2, 0.25) is 0 Å². The van der Waals surface area contributed by atoms with Crippen molar-refractivity contribution in [3.05, 3.63) is 76.6 Å². The molecule has 2 N–H and O–H groups in total. The lowest BCUT2D eigenvalue weighted by Crippen LogP contribution is -2.18. The molecule has 1 aromatic heterocycles. The third kappa shape index (κ3) is 4.29. The van der Waals surface area contributed by atoms with Gasteiger partial charge in [0.25, 0.3) is 11.8 Å². The average Bonchev–Trinajstić information content (AvgIpc) is 3.38. The van der Waals surface area contributed by atoms with Gasteiger partial charge in [-0.05, 0) is 48.9 Å². The minimum Gasteiger partial charge on any atom is -0.462 e. The van der Waals surface area contributed by atoms with E-state index >= 15 is 0 Å². The van der Waals surface area contributed by atoms with Crippen LogP contribution in [0.15, 0.2) is 48.7 Å². The molecule has 33 heavy (non-hydrogen) atoms. The van der Waals surface area contributed by atoms with Gasteiger partial charge in [0.2, 0.25) is 0 Å². The van der Waals surface area contributed by atoms with E-state index in [2.05, 4.69) is 20.5 Å². The van der Waals surface area contributed by atoms with E-state index in [0.29, 0.717) is 22.5 Å². The van der Waals surface area contributed by atoms with Gasteiger partial charge in [0.15, 0.2) is 5.69 Å². The topological polar surface area (TPSA) is 102 Å². The first-order valence-electron chi connectivity index (χ1n) is 9.84. The Morgan fingerprint density at radius 2 is 1.91 bits per heavy atom. The standard InChI is InChI=1S/C22H17F3N4O4/c1-2-33-21(32)17-11-27-29(18(17)22(23,24)25)15-7-4-12(5-8-15)19(30)28-14-6-3-13-10-26-20(31)16(13)9-14/h3-9,11H,2,10H2,1H3,(H,26,31)(H,28,30). The Hall–Kier alpha value is -4.15. The van der Waals surface area contributed by atoms with Crippen LogP contribution in [0.5, 0.6) is 0 Å². The second kappa shape index (κ2) is 8.41. The summed E-state index contributed by atoms with van der Waals surface area (Å²) in [5.74, 6) is -1.87. The molecule has 0 fully saturated rings. The molecule has 1 aliphatic rings. The molecule has 0 unspecified atom stereocenters. The number of hydrogen-bond acceptors (Lipinski definition) is 5. The van der Waals surface area contributed by atoms with Gasteiger partial charge < -0.3 is 15.4 Å². The van der Waals surface area contributed by atoms with Crippen LogP contribution < -0.4 is 10.6 Å². The summed E-state index contributed by atoms with van der Waals surface area (Å²) in [6.45, 7) is 1.83. The van der Waals surface area contributed by atoms with E-state index in [9.17, 15) is 27.6 Å². The molecular formula is C22H17F3N4O4. The zero-order valence-electron chi connectivity index (χ0n) is 17.2. The minimum atomic E-state index is -4.87. The number of amides is 2. The molecule has 0 radical (unpaired) electrons. The summed E-state index contributed by atoms with van der Waals surface area (Å²) < 4.78 is 46.2. The molecule has 2 heterocycles. The Morgan fingerprint density at radius 3 is 2.58 bits per heavy atom. The summed E-state index contributed by atoms with van der Waals surface area (Å²) in [4.78, 5) is 36.3. The lowest BCUT2D eigenvalue weighted by Gasteiger charge is -2.13. The van der Waals surface area contributed by atoms with Crippen molar-refractivity contribution < 1.29 is 32.3 Å². The van der Waals surface area contributed by atoms with Gasteiger partial charge in [-0.1, -0.05) is 6.07 Å². The Balaban J connectivity index is 1.58. The molecule has 0 spiro atoms. The van der Waals surface area contributed by atoms with Crippen LogP contribution in [0, 0.1) is 0 Å². The number of aromatic nitrogens is 2. The second-order valence-corrected chi connectivity index (χ2v) is 7.09. The van der Waals surface area contributed by atoms with Crippen molar-refractivity contribution in [1.29, 1.82) is 0 Å². The Kier molecular flexibility index (Phi) is 5.62. The van der Waals surface area contributed by atoms with Crippen molar-refractivity contribution in [3.8, 4) is 5.69 Å². The van der Waals surface area contributed by atoms with Crippen molar-refractivity contribution in [2.45, 2.75) is 19.6 Å². The van der Waals surface area contributed by atoms with E-state index in [1.54, 1.807) is 18.2 Å². The molecule has 1 aliphatic heterocycles. The number of anilines is 1. The highest BCUT2D eigenvalue weighted by Gasteiger charge is 2.41. The number of nitrogens with one attached hydrogen (secondary N) is 2. The van der Waals surface area contributed by atoms with Gasteiger partial charge in [-0.2, -0.15) is 18.3 Å². The van der Waals surface area contributed by atoms with Crippen LogP contribution in [0.1, 0.15) is 49.3 Å². The van der Waals surface area contributed by atoms with Crippen molar-refractivity contribution in [2.24, 2.45) is 0 Å². The van der Waals surface area contributed by atoms with Crippen LogP contribution in [0.3, 0.4) is 0 Å². The van der Waals surface area contributed by atoms with Crippen molar-refractivity contribution in [2.75, 3.05) is 11.9 Å². The first kappa shape index (κ1) is 22.1. The van der Waals surface area contributed by atoms with Gasteiger partial charge in [-0.3, -0.25) is 9.59 Å². The number of halogens is 3. The zero-order valence-corrected chi connectivity index (χ0v) is 17.2. The maximum atomic E-state index is 13.6. The van der Waals surface area contributed by atoms with Crippen LogP contribution in [-0.4, -0.2) is 34.2 Å². The SMILES string of the molecule is CCOC(=O)c1cnn(-c2ccc(C(=O)Nc3ccc4c(c3)C(=O)NC4)cc2)c1C(F)(F)F. The highest BCUT2D eigenvalue weighted by Crippen LogP contribution is 2.34. The van der Waals surface area contributed by atoms with E-state index in [1.165, 1.54) is 31.2 Å². The Morgan fingerprint density at radius 1 is 1.18 bits per heavy atom. The average molecular weight is 458 g/mol. The summed E-state index contributed by atoms with van der Waals surface area (Å²) in [6, 6.07) is 10.2. The molecule has 0 aliphatic carbocycles. The Labute approximate surface area is 185 Å². The number of esters is 1. The zero-order chi connectivity index (χ0) is 23.8. The molecule has 170 valence electrons. The van der Waals surface area contributed by atoms with Crippen LogP contribution >= 0.6 is 0 Å². The number of benzene rings is 2. The predicted molar refractivity (Wildman–Crippen MR) is 110 cm³/mol. The van der Waals surface area contributed by atoms with E-state index in [1.807, 2.05) is 0 Å². The van der Waals surface area contributed by atoms with Gasteiger partial charge >= 0.3 is 12.1 Å². The van der Waals surface area contributed by atoms with Gasteiger partial charge in [0.05, 0.1) is 18.5 Å². The van der Waals surface area contributed by atoms with Crippen LogP contribution in [0.25, 0.3) is 5.69 Å². The highest BCUT2D eigenvalue weighted by atomic mass is 19.4. The van der Waals surface area contributed by atoms with E-state index in [0.717, 1.165) is 11.8 Å². The van der Waals surface area contributed by atoms with Crippen molar-refractivity contribution in [3.63, 3.8) is 0 Å². The molecule has 0 bridgehead atoms. The molecule has 11 heteroatoms. The smallest absolute Gasteiger partial charge is 0.434 e. The number of ether oxygens (including phenoxy) is 1. The third-order valence-corrected chi connectivity index (χ3v) is 4.96. The lowest BCUT2D eigenvalue weighted by molar-refractivity contribution is -0.143. The largest absolute Gasteiger partial charge is 0.462 e. The fourth-order valence-electron chi connectivity index (χ4n) is 3.42. The third-order valence-electron chi connectivity index (χ3n) is 4.96. The summed E-state index contributed by atoms with van der Waals surface area (Å²) in [6.07, 6.45) is -4.07. The quantitative estimate of drug-likeness (QED) is 0.570. The fraction of sp³-hybridized carbons (Fsp3) is 0.182. The summed E-state index contributed by atoms with van der Waals surface area (Å²) in [5, 5.41) is 9.03. The molecule has 4 rings (SSSR count). The minimum absolute atomic E-state index is 0.00336. The van der Waals surface area contributed by atoms with E-state index in [4.69, 9.17) is 0 Å². The van der Waals surface area contributed by atoms with Gasteiger partial charge in [-0.15, -0.1) is 0 Å². The molecule has 8 nitrogen and oxygen atoms in total. The van der Waals surface area contributed by atoms with Crippen LogP contribution in [-0.2, 0) is 17.5 Å². The maximum Gasteiger partial charge on any atom is 0.434 e. The first-order valence-corrected chi connectivity index (χ1v) is 9.84. The number of alkyl halides is 3. The molecule has 0 saturated heterocycles. The van der Waals surface area contributed by atoms with E-state index in [-0.39, 0.29) is 23.8 Å². The fourth-order valence-corrected chi connectivity index (χ4v) is 3.42. The van der Waals surface area contributed by atoms with Crippen molar-refractivity contribution in [1.82, 2.24) is 15.1 Å². The second-order valence-electron chi connectivity index (χ2n) is 7.09. The normalized spacial score (nSPS) is 12.8. The number of nitrogens with zero attached hydrogens (tertiary/aromatic N) is 2.